The fraction of sp³-hybridized carbons (Fsp3) is 0.867. The summed E-state index contributed by atoms with van der Waals surface area (Å²) in [6.07, 6.45) is 3.52. The van der Waals surface area contributed by atoms with Crippen molar-refractivity contribution in [2.24, 2.45) is 17.6 Å². The number of nitrogens with two attached hydrogens (primary N) is 1. The van der Waals surface area contributed by atoms with Gasteiger partial charge in [-0.15, -0.1) is 24.8 Å². The summed E-state index contributed by atoms with van der Waals surface area (Å²) in [5, 5.41) is 5.35. The number of hydrogen-bond donors (Lipinski definition) is 3. The fourth-order valence-corrected chi connectivity index (χ4v) is 2.43. The van der Waals surface area contributed by atoms with E-state index < -0.39 is 0 Å². The third-order valence-electron chi connectivity index (χ3n) is 3.95. The van der Waals surface area contributed by atoms with Gasteiger partial charge in [-0.3, -0.25) is 9.59 Å². The quantitative estimate of drug-likeness (QED) is 0.589. The molecule has 0 aromatic carbocycles. The fourth-order valence-electron chi connectivity index (χ4n) is 2.43. The molecule has 6 nitrogen and oxygen atoms in total. The van der Waals surface area contributed by atoms with E-state index in [4.69, 9.17) is 5.73 Å². The molecule has 1 rings (SSSR count). The van der Waals surface area contributed by atoms with Crippen LogP contribution in [0.4, 0.5) is 0 Å². The summed E-state index contributed by atoms with van der Waals surface area (Å²) in [5.41, 5.74) is 5.16. The molecule has 1 saturated heterocycles. The van der Waals surface area contributed by atoms with Crippen molar-refractivity contribution in [2.75, 3.05) is 39.3 Å². The summed E-state index contributed by atoms with van der Waals surface area (Å²) >= 11 is 0. The van der Waals surface area contributed by atoms with Gasteiger partial charge < -0.3 is 21.3 Å². The Labute approximate surface area is 152 Å². The lowest BCUT2D eigenvalue weighted by Gasteiger charge is -2.32. The maximum Gasteiger partial charge on any atom is 0.239 e. The standard InChI is InChI=1S/C15H30N4O2.2ClH/c1-12(2)3-6-19-7-4-13(5-8-19)10-17-15(21)11-18-14(20)9-16;;/h12-13H,3-11,16H2,1-2H3,(H,17,21)(H,18,20);2*1H. The van der Waals surface area contributed by atoms with E-state index in [-0.39, 0.29) is 49.7 Å². The highest BCUT2D eigenvalue weighted by atomic mass is 35.5. The topological polar surface area (TPSA) is 87.5 Å². The first-order valence-corrected chi connectivity index (χ1v) is 7.97. The van der Waals surface area contributed by atoms with Crippen LogP contribution >= 0.6 is 24.8 Å². The van der Waals surface area contributed by atoms with Crippen molar-refractivity contribution in [3.63, 3.8) is 0 Å². The van der Waals surface area contributed by atoms with Crippen molar-refractivity contribution in [3.8, 4) is 0 Å². The predicted molar refractivity (Wildman–Crippen MR) is 98.2 cm³/mol. The highest BCUT2D eigenvalue weighted by molar-refractivity contribution is 5.86. The zero-order valence-corrected chi connectivity index (χ0v) is 15.8. The first-order chi connectivity index (χ1) is 10.0. The lowest BCUT2D eigenvalue weighted by Crippen LogP contribution is -2.43. The largest absolute Gasteiger partial charge is 0.354 e. The van der Waals surface area contributed by atoms with E-state index >= 15 is 0 Å². The maximum absolute atomic E-state index is 11.6. The minimum Gasteiger partial charge on any atom is -0.354 e. The average Bonchev–Trinajstić information content (AvgIpc) is 2.49. The Morgan fingerprint density at radius 3 is 2.26 bits per heavy atom. The molecule has 2 amide bonds. The van der Waals surface area contributed by atoms with E-state index in [0.717, 1.165) is 31.8 Å². The Kier molecular flexibility index (Phi) is 14.9. The van der Waals surface area contributed by atoms with Gasteiger partial charge in [-0.25, -0.2) is 0 Å². The molecule has 0 saturated carbocycles. The summed E-state index contributed by atoms with van der Waals surface area (Å²) in [6.45, 7) is 8.58. The van der Waals surface area contributed by atoms with E-state index in [0.29, 0.717) is 12.5 Å². The first-order valence-electron chi connectivity index (χ1n) is 7.97. The molecule has 0 spiro atoms. The Balaban J connectivity index is 0. The molecule has 8 heteroatoms. The van der Waals surface area contributed by atoms with Gasteiger partial charge in [0.15, 0.2) is 0 Å². The van der Waals surface area contributed by atoms with E-state index in [2.05, 4.69) is 29.4 Å². The van der Waals surface area contributed by atoms with Gasteiger partial charge in [0.25, 0.3) is 0 Å². The molecule has 0 atom stereocenters. The Morgan fingerprint density at radius 1 is 1.13 bits per heavy atom. The van der Waals surface area contributed by atoms with Crippen molar-refractivity contribution >= 4 is 36.6 Å². The second-order valence-electron chi connectivity index (χ2n) is 6.25. The molecule has 1 fully saturated rings. The highest BCUT2D eigenvalue weighted by Gasteiger charge is 2.19. The Bertz CT molecular complexity index is 335. The minimum atomic E-state index is -0.302. The van der Waals surface area contributed by atoms with Crippen molar-refractivity contribution in [1.29, 1.82) is 0 Å². The summed E-state index contributed by atoms with van der Waals surface area (Å²) in [6, 6.07) is 0. The van der Waals surface area contributed by atoms with Crippen molar-refractivity contribution in [1.82, 2.24) is 15.5 Å². The zero-order chi connectivity index (χ0) is 15.7. The summed E-state index contributed by atoms with van der Waals surface area (Å²) in [4.78, 5) is 25.0. The van der Waals surface area contributed by atoms with E-state index in [9.17, 15) is 9.59 Å². The molecule has 0 radical (unpaired) electrons. The smallest absolute Gasteiger partial charge is 0.239 e. The molecule has 0 bridgehead atoms. The molecule has 0 aliphatic carbocycles. The van der Waals surface area contributed by atoms with Crippen LogP contribution in [0, 0.1) is 11.8 Å². The van der Waals surface area contributed by atoms with Crippen molar-refractivity contribution in [3.05, 3.63) is 0 Å². The number of halogens is 2. The number of nitrogens with one attached hydrogen (secondary N) is 2. The summed E-state index contributed by atoms with van der Waals surface area (Å²) < 4.78 is 0. The van der Waals surface area contributed by atoms with Crippen molar-refractivity contribution < 1.29 is 9.59 Å². The van der Waals surface area contributed by atoms with Crippen LogP contribution < -0.4 is 16.4 Å². The number of carbonyl (C=O) groups excluding carboxylic acids is 2. The molecular weight excluding hydrogens is 339 g/mol. The Hall–Kier alpha value is -0.560. The molecule has 0 aromatic rings. The van der Waals surface area contributed by atoms with Gasteiger partial charge in [-0.05, 0) is 50.7 Å². The van der Waals surface area contributed by atoms with Crippen LogP contribution in [0.15, 0.2) is 0 Å². The van der Waals surface area contributed by atoms with E-state index in [1.54, 1.807) is 0 Å². The number of piperidine rings is 1. The molecule has 1 aliphatic heterocycles. The van der Waals surface area contributed by atoms with Crippen molar-refractivity contribution in [2.45, 2.75) is 33.1 Å². The van der Waals surface area contributed by atoms with Crippen LogP contribution in [0.25, 0.3) is 0 Å². The predicted octanol–water partition coefficient (Wildman–Crippen LogP) is 0.779. The molecule has 4 N–H and O–H groups in total. The highest BCUT2D eigenvalue weighted by Crippen LogP contribution is 2.17. The van der Waals surface area contributed by atoms with Crippen LogP contribution in [0.3, 0.4) is 0 Å². The van der Waals surface area contributed by atoms with Gasteiger partial charge in [0, 0.05) is 6.54 Å². The Morgan fingerprint density at radius 2 is 1.74 bits per heavy atom. The van der Waals surface area contributed by atoms with Crippen LogP contribution in [0.2, 0.25) is 0 Å². The molecule has 1 heterocycles. The third-order valence-corrected chi connectivity index (χ3v) is 3.95. The molecule has 1 aliphatic rings. The van der Waals surface area contributed by atoms with Gasteiger partial charge in [0.05, 0.1) is 13.1 Å². The van der Waals surface area contributed by atoms with Gasteiger partial charge in [-0.2, -0.15) is 0 Å². The van der Waals surface area contributed by atoms with Gasteiger partial charge in [0.1, 0.15) is 0 Å². The minimum absolute atomic E-state index is 0. The van der Waals surface area contributed by atoms with Crippen LogP contribution in [-0.2, 0) is 9.59 Å². The van der Waals surface area contributed by atoms with E-state index in [1.807, 2.05) is 0 Å². The van der Waals surface area contributed by atoms with Crippen LogP contribution in [-0.4, -0.2) is 56.0 Å². The zero-order valence-electron chi connectivity index (χ0n) is 14.2. The monoisotopic (exact) mass is 370 g/mol. The van der Waals surface area contributed by atoms with E-state index in [1.165, 1.54) is 13.0 Å². The lowest BCUT2D eigenvalue weighted by atomic mass is 9.96. The summed E-state index contributed by atoms with van der Waals surface area (Å²) in [5.74, 6) is 0.864. The molecule has 138 valence electrons. The van der Waals surface area contributed by atoms with Crippen LogP contribution in [0.1, 0.15) is 33.1 Å². The number of nitrogens with zero attached hydrogens (tertiary/aromatic N) is 1. The van der Waals surface area contributed by atoms with Gasteiger partial charge >= 0.3 is 0 Å². The molecule has 0 unspecified atom stereocenters. The van der Waals surface area contributed by atoms with Crippen LogP contribution in [0.5, 0.6) is 0 Å². The molecule has 23 heavy (non-hydrogen) atoms. The number of rotatable bonds is 8. The summed E-state index contributed by atoms with van der Waals surface area (Å²) in [7, 11) is 0. The van der Waals surface area contributed by atoms with Gasteiger partial charge in [0.2, 0.25) is 11.8 Å². The average molecular weight is 371 g/mol. The number of likely N-dealkylation sites (tertiary alicyclic amines) is 1. The number of hydrogen-bond acceptors (Lipinski definition) is 4. The number of carbonyl (C=O) groups is 2. The molecule has 0 aromatic heterocycles. The van der Waals surface area contributed by atoms with Gasteiger partial charge in [-0.1, -0.05) is 13.8 Å². The second kappa shape index (κ2) is 13.8. The SMILES string of the molecule is CC(C)CCN1CCC(CNC(=O)CNC(=O)CN)CC1.Cl.Cl. The maximum atomic E-state index is 11.6. The molecular formula is C15H32Cl2N4O2. The second-order valence-corrected chi connectivity index (χ2v) is 6.25. The number of amides is 2. The first kappa shape index (κ1) is 24.7. The normalized spacial score (nSPS) is 15.5. The third kappa shape index (κ3) is 11.6. The lowest BCUT2D eigenvalue weighted by molar-refractivity contribution is -0.125.